The molecule has 0 heterocycles. The Kier molecular flexibility index (Phi) is 9.17. The highest BCUT2D eigenvalue weighted by Crippen LogP contribution is 2.23. The third-order valence-electron chi connectivity index (χ3n) is 4.76. The molecular formula is C25H21Cl2F2N3O3. The van der Waals surface area contributed by atoms with Crippen LogP contribution in [0.5, 0.6) is 0 Å². The maximum absolute atomic E-state index is 13.7. The molecule has 0 atom stereocenters. The third-order valence-corrected chi connectivity index (χ3v) is 5.31. The van der Waals surface area contributed by atoms with Gasteiger partial charge in [0.1, 0.15) is 23.8 Å². The number of urea groups is 1. The molecular weight excluding hydrogens is 499 g/mol. The topological polar surface area (TPSA) is 79.8 Å². The van der Waals surface area contributed by atoms with Crippen molar-refractivity contribution in [3.05, 3.63) is 99.0 Å². The fourth-order valence-electron chi connectivity index (χ4n) is 3.10. The second-order valence-corrected chi connectivity index (χ2v) is 8.23. The predicted octanol–water partition coefficient (Wildman–Crippen LogP) is 6.95. The molecule has 10 heteroatoms. The van der Waals surface area contributed by atoms with Crippen LogP contribution in [0.2, 0.25) is 10.0 Å². The second kappa shape index (κ2) is 12.3. The minimum absolute atomic E-state index is 0.163. The summed E-state index contributed by atoms with van der Waals surface area (Å²) in [7, 11) is 0. The van der Waals surface area contributed by atoms with E-state index < -0.39 is 29.1 Å². The summed E-state index contributed by atoms with van der Waals surface area (Å²) < 4.78 is 27.4. The average molecular weight is 520 g/mol. The van der Waals surface area contributed by atoms with Crippen LogP contribution in [0.3, 0.4) is 0 Å². The van der Waals surface area contributed by atoms with E-state index in [4.69, 9.17) is 28.0 Å². The fourth-order valence-corrected chi connectivity index (χ4v) is 3.62. The molecule has 0 saturated heterocycles. The van der Waals surface area contributed by atoms with Crippen LogP contribution in [0.4, 0.5) is 19.3 Å². The number of carbonyl (C=O) groups excluding carboxylic acids is 2. The lowest BCUT2D eigenvalue weighted by Gasteiger charge is -2.10. The molecule has 0 radical (unpaired) electrons. The van der Waals surface area contributed by atoms with Crippen molar-refractivity contribution in [2.45, 2.75) is 26.4 Å². The molecule has 0 spiro atoms. The summed E-state index contributed by atoms with van der Waals surface area (Å²) in [6.45, 7) is 2.18. The van der Waals surface area contributed by atoms with E-state index in [1.54, 1.807) is 42.5 Å². The van der Waals surface area contributed by atoms with E-state index in [-0.39, 0.29) is 6.61 Å². The molecule has 3 aromatic carbocycles. The van der Waals surface area contributed by atoms with Gasteiger partial charge in [0.15, 0.2) is 0 Å². The van der Waals surface area contributed by atoms with Crippen LogP contribution in [0, 0.1) is 11.6 Å². The monoisotopic (exact) mass is 519 g/mol. The Morgan fingerprint density at radius 3 is 2.31 bits per heavy atom. The van der Waals surface area contributed by atoms with Crippen molar-refractivity contribution in [3.8, 4) is 0 Å². The molecule has 0 saturated carbocycles. The van der Waals surface area contributed by atoms with Gasteiger partial charge in [-0.25, -0.2) is 13.6 Å². The first kappa shape index (κ1) is 26.1. The Labute approximate surface area is 210 Å². The number of nitrogens with one attached hydrogen (secondary N) is 2. The first-order chi connectivity index (χ1) is 16.8. The van der Waals surface area contributed by atoms with E-state index in [1.165, 1.54) is 0 Å². The smallest absolute Gasteiger partial charge is 0.326 e. The summed E-state index contributed by atoms with van der Waals surface area (Å²) >= 11 is 12.2. The van der Waals surface area contributed by atoms with Crippen LogP contribution in [-0.4, -0.2) is 17.6 Å². The summed E-state index contributed by atoms with van der Waals surface area (Å²) in [6, 6.07) is 13.8. The minimum atomic E-state index is -1.19. The lowest BCUT2D eigenvalue weighted by atomic mass is 10.1. The lowest BCUT2D eigenvalue weighted by molar-refractivity contribution is 0.0959. The van der Waals surface area contributed by atoms with Crippen LogP contribution < -0.4 is 10.6 Å². The van der Waals surface area contributed by atoms with E-state index in [1.807, 2.05) is 12.2 Å². The van der Waals surface area contributed by atoms with Gasteiger partial charge in [-0.1, -0.05) is 66.0 Å². The number of carbonyl (C=O) groups is 2. The third kappa shape index (κ3) is 7.24. The largest absolute Gasteiger partial charge is 0.391 e. The average Bonchev–Trinajstić information content (AvgIpc) is 2.79. The van der Waals surface area contributed by atoms with Crippen molar-refractivity contribution in [1.82, 2.24) is 5.32 Å². The number of oxime groups is 1. The Balaban J connectivity index is 1.57. The van der Waals surface area contributed by atoms with E-state index in [0.29, 0.717) is 27.9 Å². The SMILES string of the molecule is CCCC(=NOCc1ccc(NC(=O)NC(=O)c2c(F)cccc2F)cc1)c1ccc(Cl)cc1Cl. The quantitative estimate of drug-likeness (QED) is 0.249. The number of hydrogen-bond acceptors (Lipinski definition) is 4. The Bertz CT molecular complexity index is 1230. The van der Waals surface area contributed by atoms with Gasteiger partial charge in [-0.15, -0.1) is 0 Å². The number of benzene rings is 3. The molecule has 182 valence electrons. The predicted molar refractivity (Wildman–Crippen MR) is 132 cm³/mol. The molecule has 0 unspecified atom stereocenters. The molecule has 35 heavy (non-hydrogen) atoms. The van der Waals surface area contributed by atoms with Crippen LogP contribution in [0.25, 0.3) is 0 Å². The summed E-state index contributed by atoms with van der Waals surface area (Å²) in [5, 5.41) is 9.56. The zero-order valence-electron chi connectivity index (χ0n) is 18.6. The highest BCUT2D eigenvalue weighted by atomic mass is 35.5. The van der Waals surface area contributed by atoms with Gasteiger partial charge in [-0.05, 0) is 48.4 Å². The lowest BCUT2D eigenvalue weighted by Crippen LogP contribution is -2.35. The first-order valence-corrected chi connectivity index (χ1v) is 11.3. The summed E-state index contributed by atoms with van der Waals surface area (Å²) in [6.07, 6.45) is 1.50. The number of imide groups is 1. The summed E-state index contributed by atoms with van der Waals surface area (Å²) in [4.78, 5) is 29.6. The zero-order chi connectivity index (χ0) is 25.4. The van der Waals surface area contributed by atoms with E-state index >= 15 is 0 Å². The second-order valence-electron chi connectivity index (χ2n) is 7.39. The molecule has 3 rings (SSSR count). The number of rotatable bonds is 8. The van der Waals surface area contributed by atoms with Gasteiger partial charge >= 0.3 is 6.03 Å². The highest BCUT2D eigenvalue weighted by molar-refractivity contribution is 6.37. The van der Waals surface area contributed by atoms with Crippen LogP contribution >= 0.6 is 23.2 Å². The van der Waals surface area contributed by atoms with E-state index in [9.17, 15) is 18.4 Å². The first-order valence-electron chi connectivity index (χ1n) is 10.6. The van der Waals surface area contributed by atoms with E-state index in [2.05, 4.69) is 10.5 Å². The Morgan fingerprint density at radius 1 is 1.00 bits per heavy atom. The molecule has 2 N–H and O–H groups in total. The van der Waals surface area contributed by atoms with Gasteiger partial charge in [0.2, 0.25) is 0 Å². The molecule has 0 aromatic heterocycles. The molecule has 6 nitrogen and oxygen atoms in total. The van der Waals surface area contributed by atoms with Crippen molar-refractivity contribution in [1.29, 1.82) is 0 Å². The zero-order valence-corrected chi connectivity index (χ0v) is 20.1. The number of hydrogen-bond donors (Lipinski definition) is 2. The van der Waals surface area contributed by atoms with Gasteiger partial charge in [0, 0.05) is 16.3 Å². The molecule has 3 amide bonds. The fraction of sp³-hybridized carbons (Fsp3) is 0.160. The van der Waals surface area contributed by atoms with Gasteiger partial charge < -0.3 is 10.2 Å². The van der Waals surface area contributed by atoms with Crippen molar-refractivity contribution < 1.29 is 23.2 Å². The standard InChI is InChI=1S/C25H21Cl2F2N3O3/c1-2-4-22(18-12-9-16(26)13-19(18)27)32-35-14-15-7-10-17(11-8-15)30-25(34)31-24(33)23-20(28)5-3-6-21(23)29/h3,5-13H,2,4,14H2,1H3,(H2,30,31,33,34). The van der Waals surface area contributed by atoms with Crippen molar-refractivity contribution >= 4 is 46.5 Å². The molecule has 0 aliphatic rings. The van der Waals surface area contributed by atoms with Crippen LogP contribution in [-0.2, 0) is 11.4 Å². The van der Waals surface area contributed by atoms with Crippen LogP contribution in [0.1, 0.15) is 41.3 Å². The molecule has 3 aromatic rings. The number of halogens is 4. The number of nitrogens with zero attached hydrogens (tertiary/aromatic N) is 1. The maximum Gasteiger partial charge on any atom is 0.326 e. The van der Waals surface area contributed by atoms with Crippen LogP contribution in [0.15, 0.2) is 65.8 Å². The van der Waals surface area contributed by atoms with Gasteiger partial charge in [-0.3, -0.25) is 10.1 Å². The van der Waals surface area contributed by atoms with Gasteiger partial charge in [0.05, 0.1) is 10.7 Å². The maximum atomic E-state index is 13.7. The normalized spacial score (nSPS) is 11.2. The van der Waals surface area contributed by atoms with Crippen molar-refractivity contribution in [2.75, 3.05) is 5.32 Å². The highest BCUT2D eigenvalue weighted by Gasteiger charge is 2.19. The van der Waals surface area contributed by atoms with Crippen molar-refractivity contribution in [3.63, 3.8) is 0 Å². The Hall–Kier alpha value is -3.49. The van der Waals surface area contributed by atoms with Crippen molar-refractivity contribution in [2.24, 2.45) is 5.16 Å². The van der Waals surface area contributed by atoms with Gasteiger partial charge in [0.25, 0.3) is 5.91 Å². The molecule has 0 aliphatic heterocycles. The Morgan fingerprint density at radius 2 is 1.69 bits per heavy atom. The van der Waals surface area contributed by atoms with E-state index in [0.717, 1.165) is 35.7 Å². The molecule has 0 bridgehead atoms. The number of amides is 3. The molecule has 0 aliphatic carbocycles. The molecule has 0 fully saturated rings. The summed E-state index contributed by atoms with van der Waals surface area (Å²) in [5.74, 6) is -3.32. The number of anilines is 1. The minimum Gasteiger partial charge on any atom is -0.391 e. The van der Waals surface area contributed by atoms with Gasteiger partial charge in [-0.2, -0.15) is 0 Å². The summed E-state index contributed by atoms with van der Waals surface area (Å²) in [5.41, 5.74) is 1.73.